The van der Waals surface area contributed by atoms with Crippen molar-refractivity contribution in [2.75, 3.05) is 26.3 Å². The van der Waals surface area contributed by atoms with Gasteiger partial charge in [-0.1, -0.05) is 18.2 Å². The van der Waals surface area contributed by atoms with Crippen LogP contribution < -0.4 is 30.0 Å². The normalized spacial score (nSPS) is 13.1. The van der Waals surface area contributed by atoms with E-state index in [1.807, 2.05) is 30.4 Å². The number of nitrogens with two attached hydrogens (primary N) is 1. The Morgan fingerprint density at radius 1 is 1.13 bits per heavy atom. The molecule has 1 aliphatic heterocycles. The van der Waals surface area contributed by atoms with Crippen LogP contribution >= 0.6 is 0 Å². The molecule has 0 aliphatic carbocycles. The fourth-order valence-corrected chi connectivity index (χ4v) is 2.97. The molecule has 1 amide bonds. The van der Waals surface area contributed by atoms with Crippen molar-refractivity contribution in [1.29, 1.82) is 0 Å². The first-order valence-corrected chi connectivity index (χ1v) is 9.02. The number of amides is 1. The molecule has 1 heterocycles. The number of anilines is 1. The molecular formula is C21H22N2O7. The van der Waals surface area contributed by atoms with Crippen molar-refractivity contribution in [1.82, 2.24) is 0 Å². The largest absolute Gasteiger partial charge is 0.495 e. The standard InChI is InChI=1S/C21H22N2O7/c1-27-16-6-5-12(7-14(16)23-15(21(22)26)10-19(24)25)3-4-13-8-17(28-2)20-18(9-13)29-11-30-20/h3-9,15,23H,10-11H2,1-2H3,(H2,22,26)(H,24,25)/b4-3-/t15-/m0/s1. The van der Waals surface area contributed by atoms with Crippen LogP contribution in [0.3, 0.4) is 0 Å². The minimum atomic E-state index is -1.14. The van der Waals surface area contributed by atoms with Crippen LogP contribution in [0.25, 0.3) is 12.2 Å². The zero-order valence-electron chi connectivity index (χ0n) is 16.5. The van der Waals surface area contributed by atoms with E-state index in [0.717, 1.165) is 11.1 Å². The molecule has 158 valence electrons. The fourth-order valence-electron chi connectivity index (χ4n) is 2.97. The van der Waals surface area contributed by atoms with Crippen LogP contribution in [-0.4, -0.2) is 44.0 Å². The Morgan fingerprint density at radius 3 is 2.53 bits per heavy atom. The van der Waals surface area contributed by atoms with Gasteiger partial charge in [0.1, 0.15) is 11.8 Å². The van der Waals surface area contributed by atoms with Crippen LogP contribution in [0.1, 0.15) is 17.5 Å². The van der Waals surface area contributed by atoms with Gasteiger partial charge in [-0.3, -0.25) is 9.59 Å². The highest BCUT2D eigenvalue weighted by Crippen LogP contribution is 2.42. The van der Waals surface area contributed by atoms with E-state index in [0.29, 0.717) is 28.7 Å². The van der Waals surface area contributed by atoms with Gasteiger partial charge in [-0.05, 0) is 35.4 Å². The molecule has 0 unspecified atom stereocenters. The highest BCUT2D eigenvalue weighted by Gasteiger charge is 2.21. The molecule has 0 radical (unpaired) electrons. The van der Waals surface area contributed by atoms with Gasteiger partial charge in [-0.2, -0.15) is 0 Å². The summed E-state index contributed by atoms with van der Waals surface area (Å²) >= 11 is 0. The number of aliphatic carboxylic acids is 1. The van der Waals surface area contributed by atoms with E-state index in [4.69, 9.17) is 29.8 Å². The second kappa shape index (κ2) is 9.08. The number of methoxy groups -OCH3 is 2. The molecule has 0 saturated heterocycles. The molecule has 1 aliphatic rings. The molecule has 0 fully saturated rings. The first-order chi connectivity index (χ1) is 14.4. The number of hydrogen-bond donors (Lipinski definition) is 3. The lowest BCUT2D eigenvalue weighted by Crippen LogP contribution is -2.37. The van der Waals surface area contributed by atoms with Gasteiger partial charge in [0.25, 0.3) is 0 Å². The van der Waals surface area contributed by atoms with Gasteiger partial charge in [0.2, 0.25) is 18.4 Å². The SMILES string of the molecule is COc1ccc(/C=C\c2cc(OC)c3c(c2)OCO3)cc1N[C@@H](CC(=O)O)C(N)=O. The summed E-state index contributed by atoms with van der Waals surface area (Å²) < 4.78 is 21.5. The molecule has 4 N–H and O–H groups in total. The molecule has 0 spiro atoms. The zero-order valence-corrected chi connectivity index (χ0v) is 16.5. The number of nitrogens with one attached hydrogen (secondary N) is 1. The Balaban J connectivity index is 1.86. The van der Waals surface area contributed by atoms with E-state index < -0.39 is 24.3 Å². The summed E-state index contributed by atoms with van der Waals surface area (Å²) in [5.41, 5.74) is 7.39. The summed E-state index contributed by atoms with van der Waals surface area (Å²) in [7, 11) is 3.03. The van der Waals surface area contributed by atoms with Crippen LogP contribution in [0.4, 0.5) is 5.69 Å². The maximum Gasteiger partial charge on any atom is 0.305 e. The summed E-state index contributed by atoms with van der Waals surface area (Å²) in [6.07, 6.45) is 3.26. The fraction of sp³-hybridized carbons (Fsp3) is 0.238. The van der Waals surface area contributed by atoms with Crippen molar-refractivity contribution >= 4 is 29.7 Å². The number of rotatable bonds is 9. The highest BCUT2D eigenvalue weighted by molar-refractivity contribution is 5.88. The highest BCUT2D eigenvalue weighted by atomic mass is 16.7. The van der Waals surface area contributed by atoms with Crippen LogP contribution in [0, 0.1) is 0 Å². The summed E-state index contributed by atoms with van der Waals surface area (Å²) in [4.78, 5) is 22.6. The van der Waals surface area contributed by atoms with Gasteiger partial charge >= 0.3 is 5.97 Å². The minimum Gasteiger partial charge on any atom is -0.495 e. The topological polar surface area (TPSA) is 129 Å². The van der Waals surface area contributed by atoms with Crippen LogP contribution in [0.2, 0.25) is 0 Å². The molecule has 1 atom stereocenters. The molecule has 0 bridgehead atoms. The molecule has 9 heteroatoms. The van der Waals surface area contributed by atoms with Gasteiger partial charge in [0, 0.05) is 0 Å². The van der Waals surface area contributed by atoms with Crippen molar-refractivity contribution in [3.63, 3.8) is 0 Å². The number of carboxylic acids is 1. The van der Waals surface area contributed by atoms with E-state index in [9.17, 15) is 9.59 Å². The lowest BCUT2D eigenvalue weighted by atomic mass is 10.1. The third-order valence-electron chi connectivity index (χ3n) is 4.42. The Labute approximate surface area is 173 Å². The van der Waals surface area contributed by atoms with E-state index in [1.165, 1.54) is 7.11 Å². The number of primary amides is 1. The van der Waals surface area contributed by atoms with E-state index in [-0.39, 0.29) is 6.79 Å². The Hall–Kier alpha value is -3.88. The van der Waals surface area contributed by atoms with Crippen molar-refractivity contribution in [2.45, 2.75) is 12.5 Å². The third-order valence-corrected chi connectivity index (χ3v) is 4.42. The van der Waals surface area contributed by atoms with Crippen molar-refractivity contribution in [3.8, 4) is 23.0 Å². The van der Waals surface area contributed by atoms with Gasteiger partial charge in [-0.15, -0.1) is 0 Å². The number of carboxylic acid groups (broad SMARTS) is 1. The Bertz CT molecular complexity index is 988. The molecular weight excluding hydrogens is 392 g/mol. The van der Waals surface area contributed by atoms with Gasteiger partial charge in [0.15, 0.2) is 11.5 Å². The molecule has 30 heavy (non-hydrogen) atoms. The Morgan fingerprint density at radius 2 is 1.87 bits per heavy atom. The predicted molar refractivity (Wildman–Crippen MR) is 110 cm³/mol. The first kappa shape index (κ1) is 20.8. The number of carbonyl (C=O) groups is 2. The maximum atomic E-state index is 11.6. The maximum absolute atomic E-state index is 11.6. The smallest absolute Gasteiger partial charge is 0.305 e. The summed E-state index contributed by atoms with van der Waals surface area (Å²) in [6.45, 7) is 0.143. The number of ether oxygens (including phenoxy) is 4. The van der Waals surface area contributed by atoms with Gasteiger partial charge in [0.05, 0.1) is 26.3 Å². The molecule has 9 nitrogen and oxygen atoms in total. The van der Waals surface area contributed by atoms with Crippen LogP contribution in [0.15, 0.2) is 30.3 Å². The molecule has 2 aromatic rings. The van der Waals surface area contributed by atoms with Crippen LogP contribution in [-0.2, 0) is 9.59 Å². The molecule has 0 saturated carbocycles. The lowest BCUT2D eigenvalue weighted by Gasteiger charge is -2.17. The average Bonchev–Trinajstić information content (AvgIpc) is 3.19. The monoisotopic (exact) mass is 414 g/mol. The molecule has 3 rings (SSSR count). The summed E-state index contributed by atoms with van der Waals surface area (Å²) in [5, 5.41) is 11.8. The zero-order chi connectivity index (χ0) is 21.7. The van der Waals surface area contributed by atoms with Crippen molar-refractivity contribution < 1.29 is 33.6 Å². The van der Waals surface area contributed by atoms with Gasteiger partial charge in [-0.25, -0.2) is 0 Å². The van der Waals surface area contributed by atoms with Crippen LogP contribution in [0.5, 0.6) is 23.0 Å². The quantitative estimate of drug-likeness (QED) is 0.533. The van der Waals surface area contributed by atoms with Crippen molar-refractivity contribution in [2.24, 2.45) is 5.73 Å². The molecule has 0 aromatic heterocycles. The Kier molecular flexibility index (Phi) is 6.31. The first-order valence-electron chi connectivity index (χ1n) is 9.02. The van der Waals surface area contributed by atoms with Gasteiger partial charge < -0.3 is 35.1 Å². The third kappa shape index (κ3) is 4.75. The minimum absolute atomic E-state index is 0.143. The summed E-state index contributed by atoms with van der Waals surface area (Å²) in [6, 6.07) is 7.84. The summed E-state index contributed by atoms with van der Waals surface area (Å²) in [5.74, 6) is 0.282. The second-order valence-corrected chi connectivity index (χ2v) is 6.45. The second-order valence-electron chi connectivity index (χ2n) is 6.45. The van der Waals surface area contributed by atoms with E-state index in [1.54, 1.807) is 19.2 Å². The number of hydrogen-bond acceptors (Lipinski definition) is 7. The molecule has 2 aromatic carbocycles. The average molecular weight is 414 g/mol. The lowest BCUT2D eigenvalue weighted by molar-refractivity contribution is -0.138. The predicted octanol–water partition coefficient (Wildman–Crippen LogP) is 2.34. The number of fused-ring (bicyclic) bond motifs is 1. The number of carbonyl (C=O) groups excluding carboxylic acids is 1. The van der Waals surface area contributed by atoms with Crippen molar-refractivity contribution in [3.05, 3.63) is 41.5 Å². The van der Waals surface area contributed by atoms with E-state index >= 15 is 0 Å². The van der Waals surface area contributed by atoms with E-state index in [2.05, 4.69) is 5.32 Å². The number of benzene rings is 2.